The van der Waals surface area contributed by atoms with Crippen molar-refractivity contribution in [2.45, 2.75) is 43.5 Å². The molecule has 2 aromatic carbocycles. The first-order chi connectivity index (χ1) is 22.9. The van der Waals surface area contributed by atoms with Gasteiger partial charge in [0.05, 0.1) is 28.9 Å². The number of anilines is 5. The molecule has 2 aromatic heterocycles. The molecule has 0 aliphatic carbocycles. The Labute approximate surface area is 282 Å². The molecule has 47 heavy (non-hydrogen) atoms. The molecule has 6 rings (SSSR count). The Kier molecular flexibility index (Phi) is 10.4. The maximum Gasteiger partial charge on any atom is 0.229 e. The van der Waals surface area contributed by atoms with E-state index >= 15 is 0 Å². The molecule has 0 atom stereocenters. The third-order valence-corrected chi connectivity index (χ3v) is 9.99. The molecule has 11 nitrogen and oxygen atoms in total. The van der Waals surface area contributed by atoms with Gasteiger partial charge in [0.25, 0.3) is 0 Å². The number of fused-ring (bicyclic) bond motifs is 1. The lowest BCUT2D eigenvalue weighted by Gasteiger charge is -2.43. The van der Waals surface area contributed by atoms with Crippen molar-refractivity contribution >= 4 is 57.9 Å². The minimum atomic E-state index is 0.326. The summed E-state index contributed by atoms with van der Waals surface area (Å²) in [7, 11) is 5.82. The highest BCUT2D eigenvalue weighted by molar-refractivity contribution is 7.97. The Balaban J connectivity index is 1.25. The number of ether oxygens (including phenoxy) is 1. The Bertz CT molecular complexity index is 1700. The maximum absolute atomic E-state index is 5.95. The average molecular weight is 655 g/mol. The molecule has 0 bridgehead atoms. The van der Waals surface area contributed by atoms with Gasteiger partial charge in [0, 0.05) is 81.2 Å². The second-order valence-corrected chi connectivity index (χ2v) is 13.5. The zero-order chi connectivity index (χ0) is 32.9. The minimum absolute atomic E-state index is 0.326. The van der Waals surface area contributed by atoms with E-state index in [4.69, 9.17) is 9.72 Å². The lowest BCUT2D eigenvalue weighted by molar-refractivity contribution is 0.0982. The summed E-state index contributed by atoms with van der Waals surface area (Å²) in [6.07, 6.45) is 9.28. The smallest absolute Gasteiger partial charge is 0.229 e. The molecule has 2 fully saturated rings. The van der Waals surface area contributed by atoms with Gasteiger partial charge in [0.2, 0.25) is 5.95 Å². The van der Waals surface area contributed by atoms with Crippen molar-refractivity contribution < 1.29 is 4.74 Å². The van der Waals surface area contributed by atoms with Crippen LogP contribution in [0.4, 0.5) is 28.8 Å². The number of rotatable bonds is 11. The Morgan fingerprint density at radius 2 is 1.74 bits per heavy atom. The monoisotopic (exact) mass is 654 g/mol. The molecule has 2 saturated heterocycles. The number of aromatic nitrogens is 4. The fourth-order valence-electron chi connectivity index (χ4n) is 6.51. The molecule has 4 heterocycles. The first-order valence-electron chi connectivity index (χ1n) is 16.4. The van der Waals surface area contributed by atoms with Gasteiger partial charge in [-0.3, -0.25) is 19.6 Å². The van der Waals surface area contributed by atoms with E-state index in [1.807, 2.05) is 19.2 Å². The second-order valence-electron chi connectivity index (χ2n) is 12.4. The number of methoxy groups -OCH3 is 1. The zero-order valence-electron chi connectivity index (χ0n) is 28.1. The van der Waals surface area contributed by atoms with Gasteiger partial charge in [0.1, 0.15) is 17.1 Å². The molecule has 2 aliphatic heterocycles. The summed E-state index contributed by atoms with van der Waals surface area (Å²) in [5.74, 6) is 2.17. The Morgan fingerprint density at radius 1 is 0.979 bits per heavy atom. The topological polar surface area (TPSA) is 107 Å². The van der Waals surface area contributed by atoms with Gasteiger partial charge in [-0.25, -0.2) is 4.98 Å². The van der Waals surface area contributed by atoms with Gasteiger partial charge >= 0.3 is 0 Å². The fraction of sp³-hybridized carbons (Fsp3) is 0.429. The number of hydrogen-bond acceptors (Lipinski definition) is 12. The molecule has 12 heteroatoms. The summed E-state index contributed by atoms with van der Waals surface area (Å²) in [6, 6.07) is 8.99. The molecule has 4 aromatic rings. The summed E-state index contributed by atoms with van der Waals surface area (Å²) >= 11 is 1.48. The Morgan fingerprint density at radius 3 is 2.45 bits per heavy atom. The van der Waals surface area contributed by atoms with Gasteiger partial charge in [-0.2, -0.15) is 4.98 Å². The van der Waals surface area contributed by atoms with Gasteiger partial charge in [-0.1, -0.05) is 26.5 Å². The van der Waals surface area contributed by atoms with Crippen molar-refractivity contribution in [2.24, 2.45) is 0 Å². The van der Waals surface area contributed by atoms with E-state index in [-0.39, 0.29) is 0 Å². The number of piperidine rings is 1. The highest BCUT2D eigenvalue weighted by Gasteiger charge is 2.28. The van der Waals surface area contributed by atoms with Crippen molar-refractivity contribution in [1.82, 2.24) is 34.5 Å². The number of likely N-dealkylation sites (N-methyl/N-ethyl adjacent to an activating group) is 1. The average Bonchev–Trinajstić information content (AvgIpc) is 3.09. The van der Waals surface area contributed by atoms with Crippen LogP contribution in [0.3, 0.4) is 0 Å². The summed E-state index contributed by atoms with van der Waals surface area (Å²) in [5, 5.41) is 6.96. The van der Waals surface area contributed by atoms with E-state index in [0.29, 0.717) is 23.7 Å². The van der Waals surface area contributed by atoms with E-state index in [9.17, 15) is 0 Å². The molecule has 0 amide bonds. The van der Waals surface area contributed by atoms with Crippen LogP contribution in [0.1, 0.15) is 43.7 Å². The van der Waals surface area contributed by atoms with Gasteiger partial charge < -0.3 is 25.2 Å². The largest absolute Gasteiger partial charge is 0.494 e. The van der Waals surface area contributed by atoms with Gasteiger partial charge in [-0.15, -0.1) is 0 Å². The SMILES string of the molecule is C=Cc1cnc(Nc2cc(C(C)C)c(N3CCC(N4CCN(C)CC4)CC3)cc2OC)nc1Nc1ccc2nccnc2c1SNC. The van der Waals surface area contributed by atoms with Crippen molar-refractivity contribution in [3.63, 3.8) is 0 Å². The summed E-state index contributed by atoms with van der Waals surface area (Å²) < 4.78 is 9.12. The van der Waals surface area contributed by atoms with E-state index in [1.165, 1.54) is 49.1 Å². The summed E-state index contributed by atoms with van der Waals surface area (Å²) in [6.45, 7) is 15.2. The summed E-state index contributed by atoms with van der Waals surface area (Å²) in [4.78, 5) is 27.2. The molecule has 0 spiro atoms. The molecular weight excluding hydrogens is 609 g/mol. The molecule has 0 unspecified atom stereocenters. The maximum atomic E-state index is 5.95. The zero-order valence-corrected chi connectivity index (χ0v) is 28.9. The normalized spacial score (nSPS) is 16.5. The third kappa shape index (κ3) is 7.30. The minimum Gasteiger partial charge on any atom is -0.494 e. The first kappa shape index (κ1) is 33.0. The number of hydrogen-bond donors (Lipinski definition) is 3. The van der Waals surface area contributed by atoms with Crippen LogP contribution in [-0.4, -0.2) is 96.3 Å². The highest BCUT2D eigenvalue weighted by Crippen LogP contribution is 2.40. The standard InChI is InChI=1S/C35H46N10OS/c1-7-24-22-39-35(42-34(24)40-28-9-8-27-32(33(28)47-36-4)38-13-12-37-27)41-29-20-26(23(2)3)30(21-31(29)46-6)45-14-10-25(11-15-45)44-18-16-43(5)17-19-44/h7-9,12-13,20-23,25,36H,1,10-11,14-19H2,2-6H3,(H2,39,40,41,42). The molecule has 248 valence electrons. The van der Waals surface area contributed by atoms with Crippen LogP contribution in [0.5, 0.6) is 5.75 Å². The van der Waals surface area contributed by atoms with Crippen molar-refractivity contribution in [3.05, 3.63) is 60.6 Å². The van der Waals surface area contributed by atoms with Crippen molar-refractivity contribution in [3.8, 4) is 5.75 Å². The molecular formula is C35H46N10OS. The molecule has 0 saturated carbocycles. The lowest BCUT2D eigenvalue weighted by Crippen LogP contribution is -2.52. The molecule has 3 N–H and O–H groups in total. The van der Waals surface area contributed by atoms with Crippen molar-refractivity contribution in [2.75, 3.05) is 76.0 Å². The molecule has 0 radical (unpaired) electrons. The number of nitrogens with one attached hydrogen (secondary N) is 3. The Hall–Kier alpha value is -3.97. The van der Waals surface area contributed by atoms with E-state index in [1.54, 1.807) is 31.8 Å². The van der Waals surface area contributed by atoms with Crippen LogP contribution in [0, 0.1) is 0 Å². The molecule has 2 aliphatic rings. The lowest BCUT2D eigenvalue weighted by atomic mass is 9.96. The van der Waals surface area contributed by atoms with Gasteiger partial charge in [-0.05, 0) is 68.6 Å². The quantitative estimate of drug-likeness (QED) is 0.162. The number of benzene rings is 2. The first-order valence-corrected chi connectivity index (χ1v) is 17.2. The van der Waals surface area contributed by atoms with Crippen LogP contribution >= 0.6 is 11.9 Å². The van der Waals surface area contributed by atoms with Gasteiger partial charge in [0.15, 0.2) is 0 Å². The predicted octanol–water partition coefficient (Wildman–Crippen LogP) is 6.12. The second kappa shape index (κ2) is 14.8. The van der Waals surface area contributed by atoms with Crippen molar-refractivity contribution in [1.29, 1.82) is 0 Å². The fourth-order valence-corrected chi connectivity index (χ4v) is 7.20. The van der Waals surface area contributed by atoms with Crippen LogP contribution in [-0.2, 0) is 0 Å². The summed E-state index contributed by atoms with van der Waals surface area (Å²) in [5.41, 5.74) is 6.61. The van der Waals surface area contributed by atoms with Crippen LogP contribution in [0.25, 0.3) is 17.1 Å². The van der Waals surface area contributed by atoms with Crippen LogP contribution in [0.2, 0.25) is 0 Å². The van der Waals surface area contributed by atoms with E-state index in [0.717, 1.165) is 64.8 Å². The van der Waals surface area contributed by atoms with E-state index < -0.39 is 0 Å². The van der Waals surface area contributed by atoms with Crippen LogP contribution in [0.15, 0.2) is 54.3 Å². The van der Waals surface area contributed by atoms with E-state index in [2.05, 4.69) is 84.6 Å². The van der Waals surface area contributed by atoms with Crippen LogP contribution < -0.4 is 25.0 Å². The third-order valence-electron chi connectivity index (χ3n) is 9.16. The number of piperazine rings is 1. The predicted molar refractivity (Wildman–Crippen MR) is 195 cm³/mol. The number of nitrogens with zero attached hydrogens (tertiary/aromatic N) is 7. The highest BCUT2D eigenvalue weighted by atomic mass is 32.2.